The molecule has 0 aromatic heterocycles. The Balaban J connectivity index is 0.000000750. The first-order valence-electron chi connectivity index (χ1n) is 5.19. The summed E-state index contributed by atoms with van der Waals surface area (Å²) in [6.07, 6.45) is 8.75. The van der Waals surface area contributed by atoms with E-state index in [1.54, 1.807) is 11.1 Å². The molecule has 68 valence electrons. The molecule has 0 heterocycles. The summed E-state index contributed by atoms with van der Waals surface area (Å²) in [5.41, 5.74) is 3.17. The fraction of sp³-hybridized carbons (Fsp3) is 0.385. The van der Waals surface area contributed by atoms with Crippen molar-refractivity contribution in [1.29, 1.82) is 0 Å². The number of allylic oxidation sites excluding steroid dienone is 2. The maximum absolute atomic E-state index is 2.42. The van der Waals surface area contributed by atoms with Gasteiger partial charge < -0.3 is 0 Å². The van der Waals surface area contributed by atoms with E-state index in [4.69, 9.17) is 0 Å². The minimum absolute atomic E-state index is 0. The first-order valence-corrected chi connectivity index (χ1v) is 5.19. The van der Waals surface area contributed by atoms with Crippen LogP contribution in [0, 0.1) is 5.92 Å². The van der Waals surface area contributed by atoms with Gasteiger partial charge in [0.15, 0.2) is 0 Å². The van der Waals surface area contributed by atoms with Crippen molar-refractivity contribution in [2.45, 2.75) is 25.2 Å². The molecule has 2 aliphatic carbocycles. The minimum atomic E-state index is 0. The first-order chi connectivity index (χ1) is 6.45. The van der Waals surface area contributed by atoms with E-state index in [2.05, 4.69) is 36.4 Å². The Labute approximate surface area is 128 Å². The van der Waals surface area contributed by atoms with Crippen molar-refractivity contribution < 1.29 is 0 Å². The number of fused-ring (bicyclic) bond motifs is 3. The summed E-state index contributed by atoms with van der Waals surface area (Å²) in [5, 5.41) is 0. The van der Waals surface area contributed by atoms with Gasteiger partial charge in [0, 0.05) is 5.92 Å². The second kappa shape index (κ2) is 4.63. The van der Waals surface area contributed by atoms with E-state index >= 15 is 0 Å². The second-order valence-corrected chi connectivity index (χ2v) is 4.19. The molecule has 2 aliphatic rings. The fourth-order valence-corrected chi connectivity index (χ4v) is 2.80. The van der Waals surface area contributed by atoms with E-state index in [-0.39, 0.29) is 51.4 Å². The zero-order chi connectivity index (χ0) is 8.67. The zero-order valence-corrected chi connectivity index (χ0v) is 7.74. The zero-order valence-electron chi connectivity index (χ0n) is 7.74. The van der Waals surface area contributed by atoms with Gasteiger partial charge in [-0.25, -0.2) is 0 Å². The molecule has 1 aromatic rings. The van der Waals surface area contributed by atoms with Crippen LogP contribution in [0.1, 0.15) is 29.9 Å². The van der Waals surface area contributed by atoms with Crippen molar-refractivity contribution >= 4 is 51.4 Å². The van der Waals surface area contributed by atoms with E-state index in [0.29, 0.717) is 0 Å². The molecule has 0 radical (unpaired) electrons. The first kappa shape index (κ1) is 11.1. The van der Waals surface area contributed by atoms with E-state index in [0.717, 1.165) is 11.8 Å². The second-order valence-electron chi connectivity index (χ2n) is 4.19. The Bertz CT molecular complexity index is 354. The van der Waals surface area contributed by atoms with E-state index in [1.165, 1.54) is 19.3 Å². The van der Waals surface area contributed by atoms with Gasteiger partial charge in [-0.1, -0.05) is 36.4 Å². The summed E-state index contributed by atoms with van der Waals surface area (Å²) in [6, 6.07) is 8.93. The third kappa shape index (κ3) is 1.81. The average Bonchev–Trinajstić information content (AvgIpc) is 2.56. The van der Waals surface area contributed by atoms with Crippen molar-refractivity contribution in [3.8, 4) is 0 Å². The molecule has 1 aromatic carbocycles. The normalized spacial score (nSPS) is 27.7. The molecule has 0 saturated heterocycles. The monoisotopic (exact) mass is 210 g/mol. The Morgan fingerprint density at radius 2 is 2.00 bits per heavy atom. The standard InChI is InChI=1S/C13H14.K.H/c1-3-7-12-10(5-1)9-11-6-2-4-8-13(11)12;;/h1,3-5,7-8,11,13H,2,6,9H2;;. The number of hydrogen-bond acceptors (Lipinski definition) is 0. The van der Waals surface area contributed by atoms with Crippen LogP contribution in [-0.2, 0) is 6.42 Å². The molecule has 0 amide bonds. The summed E-state index contributed by atoms with van der Waals surface area (Å²) in [4.78, 5) is 0. The van der Waals surface area contributed by atoms with Gasteiger partial charge in [-0.2, -0.15) is 0 Å². The van der Waals surface area contributed by atoms with Crippen LogP contribution < -0.4 is 0 Å². The van der Waals surface area contributed by atoms with Gasteiger partial charge in [-0.15, -0.1) is 0 Å². The molecule has 1 heteroatoms. The molecule has 0 aliphatic heterocycles. The van der Waals surface area contributed by atoms with Gasteiger partial charge in [-0.3, -0.25) is 0 Å². The molecule has 0 nitrogen and oxygen atoms in total. The van der Waals surface area contributed by atoms with Crippen LogP contribution in [0.4, 0.5) is 0 Å². The van der Waals surface area contributed by atoms with Crippen LogP contribution in [-0.4, -0.2) is 51.4 Å². The van der Waals surface area contributed by atoms with Crippen LogP contribution in [0.25, 0.3) is 0 Å². The Morgan fingerprint density at radius 1 is 1.14 bits per heavy atom. The van der Waals surface area contributed by atoms with Crippen LogP contribution in [0.2, 0.25) is 0 Å². The predicted octanol–water partition coefficient (Wildman–Crippen LogP) is 2.64. The number of rotatable bonds is 0. The molecule has 0 fully saturated rings. The van der Waals surface area contributed by atoms with Gasteiger partial charge in [-0.05, 0) is 36.3 Å². The van der Waals surface area contributed by atoms with Crippen LogP contribution in [0.5, 0.6) is 0 Å². The van der Waals surface area contributed by atoms with Crippen molar-refractivity contribution in [2.75, 3.05) is 0 Å². The van der Waals surface area contributed by atoms with Crippen molar-refractivity contribution in [2.24, 2.45) is 5.92 Å². The Morgan fingerprint density at radius 3 is 2.93 bits per heavy atom. The van der Waals surface area contributed by atoms with Crippen LogP contribution in [0.15, 0.2) is 36.4 Å². The molecule has 3 rings (SSSR count). The van der Waals surface area contributed by atoms with Crippen LogP contribution >= 0.6 is 0 Å². The summed E-state index contributed by atoms with van der Waals surface area (Å²) >= 11 is 0. The summed E-state index contributed by atoms with van der Waals surface area (Å²) in [6.45, 7) is 0. The van der Waals surface area contributed by atoms with E-state index < -0.39 is 0 Å². The third-order valence-electron chi connectivity index (χ3n) is 3.45. The molecule has 0 N–H and O–H groups in total. The molecule has 0 saturated carbocycles. The molecular formula is C13H15K. The topological polar surface area (TPSA) is 0 Å². The quantitative estimate of drug-likeness (QED) is 0.456. The summed E-state index contributed by atoms with van der Waals surface area (Å²) in [7, 11) is 0. The Hall–Kier alpha value is 0.596. The summed E-state index contributed by atoms with van der Waals surface area (Å²) in [5.74, 6) is 1.65. The number of hydrogen-bond donors (Lipinski definition) is 0. The van der Waals surface area contributed by atoms with Gasteiger partial charge in [0.1, 0.15) is 0 Å². The fourth-order valence-electron chi connectivity index (χ4n) is 2.80. The molecule has 14 heavy (non-hydrogen) atoms. The van der Waals surface area contributed by atoms with Crippen molar-refractivity contribution in [1.82, 2.24) is 0 Å². The maximum atomic E-state index is 2.42. The molecule has 0 spiro atoms. The van der Waals surface area contributed by atoms with Gasteiger partial charge in [0.25, 0.3) is 0 Å². The van der Waals surface area contributed by atoms with E-state index in [9.17, 15) is 0 Å². The Kier molecular flexibility index (Phi) is 3.66. The number of benzene rings is 1. The predicted molar refractivity (Wildman–Crippen MR) is 61.9 cm³/mol. The average molecular weight is 210 g/mol. The van der Waals surface area contributed by atoms with Crippen LogP contribution in [0.3, 0.4) is 0 Å². The van der Waals surface area contributed by atoms with Crippen molar-refractivity contribution in [3.63, 3.8) is 0 Å². The third-order valence-corrected chi connectivity index (χ3v) is 3.45. The van der Waals surface area contributed by atoms with Gasteiger partial charge in [0.05, 0.1) is 0 Å². The molecule has 2 unspecified atom stereocenters. The van der Waals surface area contributed by atoms with Crippen molar-refractivity contribution in [3.05, 3.63) is 47.5 Å². The molecule has 2 atom stereocenters. The summed E-state index contributed by atoms with van der Waals surface area (Å²) < 4.78 is 0. The molecular weight excluding hydrogens is 195 g/mol. The molecule has 0 bridgehead atoms. The van der Waals surface area contributed by atoms with E-state index in [1.807, 2.05) is 0 Å². The van der Waals surface area contributed by atoms with Gasteiger partial charge >= 0.3 is 51.4 Å². The SMILES string of the molecule is C1=CC2c3ccccc3CC2CC1.[KH]. The van der Waals surface area contributed by atoms with Gasteiger partial charge in [0.2, 0.25) is 0 Å².